The van der Waals surface area contributed by atoms with Crippen LogP contribution in [0.15, 0.2) is 22.4 Å². The summed E-state index contributed by atoms with van der Waals surface area (Å²) in [4.78, 5) is 27.0. The number of imide groups is 1. The molecule has 21 heavy (non-hydrogen) atoms. The molecule has 1 unspecified atom stereocenters. The fourth-order valence-corrected chi connectivity index (χ4v) is 5.49. The van der Waals surface area contributed by atoms with Crippen LogP contribution in [0.2, 0.25) is 0 Å². The van der Waals surface area contributed by atoms with E-state index in [1.165, 1.54) is 0 Å². The van der Waals surface area contributed by atoms with Crippen LogP contribution in [0.3, 0.4) is 0 Å². The monoisotopic (exact) mass is 300 g/mol. The molecule has 1 aromatic carbocycles. The van der Waals surface area contributed by atoms with E-state index in [2.05, 4.69) is 31.6 Å². The van der Waals surface area contributed by atoms with Crippen LogP contribution >= 0.6 is 10.0 Å². The van der Waals surface area contributed by atoms with Crippen LogP contribution in [0.1, 0.15) is 40.1 Å². The third kappa shape index (κ3) is 1.69. The lowest BCUT2D eigenvalue weighted by atomic mass is 10.1. The Labute approximate surface area is 125 Å². The van der Waals surface area contributed by atoms with Crippen LogP contribution in [0, 0.1) is 11.3 Å². The molecular weight excluding hydrogens is 284 g/mol. The Hall–Kier alpha value is -2.06. The zero-order chi connectivity index (χ0) is 15.4. The summed E-state index contributed by atoms with van der Waals surface area (Å²) in [6, 6.07) is 5.51. The number of carbonyl (C=O) groups excluding carboxylic acids is 2. The minimum Gasteiger partial charge on any atom is -0.269 e. The van der Waals surface area contributed by atoms with Crippen LogP contribution < -0.4 is 0 Å². The maximum Gasteiger partial charge on any atom is 0.263 e. The Bertz CT molecular complexity index is 745. The maximum atomic E-state index is 12.6. The topological polar surface area (TPSA) is 61.2 Å². The van der Waals surface area contributed by atoms with Gasteiger partial charge in [0, 0.05) is 4.90 Å². The molecule has 0 aliphatic carbocycles. The number of fused-ring (bicyclic) bond motifs is 3. The number of amides is 2. The van der Waals surface area contributed by atoms with Gasteiger partial charge in [-0.1, -0.05) is 19.9 Å². The van der Waals surface area contributed by atoms with E-state index in [0.29, 0.717) is 16.4 Å². The third-order valence-electron chi connectivity index (χ3n) is 4.30. The van der Waals surface area contributed by atoms with Crippen molar-refractivity contribution in [1.82, 2.24) is 4.90 Å². The zero-order valence-corrected chi connectivity index (χ0v) is 13.0. The number of hydrogen-bond acceptors (Lipinski definition) is 3. The lowest BCUT2D eigenvalue weighted by Gasteiger charge is -2.36. The van der Waals surface area contributed by atoms with E-state index >= 15 is 0 Å². The van der Waals surface area contributed by atoms with E-state index in [9.17, 15) is 9.59 Å². The van der Waals surface area contributed by atoms with E-state index < -0.39 is 10.0 Å². The normalized spacial score (nSPS) is 25.8. The first kappa shape index (κ1) is 13.9. The van der Waals surface area contributed by atoms with Gasteiger partial charge in [0.1, 0.15) is 6.54 Å². The molecular formula is C16H16N2O2S. The molecule has 108 valence electrons. The minimum atomic E-state index is -1.26. The first-order valence-corrected chi connectivity index (χ1v) is 8.94. The molecule has 0 aromatic heterocycles. The second kappa shape index (κ2) is 4.47. The lowest BCUT2D eigenvalue weighted by molar-refractivity contribution is 0.0673. The summed E-state index contributed by atoms with van der Waals surface area (Å²) < 4.78 is 0. The average Bonchev–Trinajstić information content (AvgIpc) is 2.91. The molecule has 0 saturated carbocycles. The van der Waals surface area contributed by atoms with Crippen molar-refractivity contribution in [3.8, 4) is 6.07 Å². The molecule has 0 bridgehead atoms. The summed E-state index contributed by atoms with van der Waals surface area (Å²) in [6.07, 6.45) is 4.22. The average molecular weight is 300 g/mol. The van der Waals surface area contributed by atoms with Gasteiger partial charge in [0.2, 0.25) is 0 Å². The Kier molecular flexibility index (Phi) is 2.96. The highest BCUT2D eigenvalue weighted by Gasteiger charge is 2.42. The summed E-state index contributed by atoms with van der Waals surface area (Å²) in [6.45, 7) is 4.09. The Morgan fingerprint density at radius 1 is 1.29 bits per heavy atom. The molecule has 2 amide bonds. The molecule has 1 atom stereocenters. The van der Waals surface area contributed by atoms with Gasteiger partial charge in [0.05, 0.1) is 17.2 Å². The molecule has 0 fully saturated rings. The van der Waals surface area contributed by atoms with Crippen LogP contribution in [0.5, 0.6) is 0 Å². The quantitative estimate of drug-likeness (QED) is 0.623. The molecule has 0 spiro atoms. The maximum absolute atomic E-state index is 12.6. The number of benzene rings is 1. The Balaban J connectivity index is 2.25. The van der Waals surface area contributed by atoms with Crippen molar-refractivity contribution in [3.05, 3.63) is 34.2 Å². The number of rotatable bonds is 2. The van der Waals surface area contributed by atoms with Gasteiger partial charge in [-0.3, -0.25) is 14.5 Å². The van der Waals surface area contributed by atoms with Gasteiger partial charge in [-0.25, -0.2) is 0 Å². The molecule has 0 saturated heterocycles. The highest BCUT2D eigenvalue weighted by Crippen LogP contribution is 2.65. The van der Waals surface area contributed by atoms with E-state index in [0.717, 1.165) is 15.4 Å². The van der Waals surface area contributed by atoms with Gasteiger partial charge in [-0.05, 0) is 34.6 Å². The largest absolute Gasteiger partial charge is 0.269 e. The zero-order valence-electron chi connectivity index (χ0n) is 12.2. The molecule has 0 N–H and O–H groups in total. The molecule has 4 nitrogen and oxygen atoms in total. The van der Waals surface area contributed by atoms with Crippen molar-refractivity contribution >= 4 is 27.9 Å². The number of nitriles is 1. The summed E-state index contributed by atoms with van der Waals surface area (Å²) >= 11 is 0. The van der Waals surface area contributed by atoms with Gasteiger partial charge in [-0.2, -0.15) is 15.3 Å². The van der Waals surface area contributed by atoms with E-state index in [1.807, 2.05) is 12.1 Å². The van der Waals surface area contributed by atoms with Crippen LogP contribution in [-0.2, 0) is 0 Å². The molecule has 3 rings (SSSR count). The van der Waals surface area contributed by atoms with Crippen LogP contribution in [-0.4, -0.2) is 34.8 Å². The predicted octanol–water partition coefficient (Wildman–Crippen LogP) is 2.99. The van der Waals surface area contributed by atoms with E-state index in [1.54, 1.807) is 6.07 Å². The molecule has 2 heterocycles. The van der Waals surface area contributed by atoms with Crippen molar-refractivity contribution < 1.29 is 9.59 Å². The smallest absolute Gasteiger partial charge is 0.263 e. The van der Waals surface area contributed by atoms with Crippen LogP contribution in [0.4, 0.5) is 0 Å². The first-order valence-electron chi connectivity index (χ1n) is 6.77. The third-order valence-corrected chi connectivity index (χ3v) is 8.28. The molecule has 2 aliphatic heterocycles. The molecule has 1 aromatic rings. The molecule has 2 aliphatic rings. The summed E-state index contributed by atoms with van der Waals surface area (Å²) in [5.74, 6) is -0.673. The molecule has 0 radical (unpaired) electrons. The minimum absolute atomic E-state index is 0.192. The summed E-state index contributed by atoms with van der Waals surface area (Å²) in [7, 11) is -1.26. The second-order valence-electron chi connectivity index (χ2n) is 5.66. The predicted molar refractivity (Wildman–Crippen MR) is 83.4 cm³/mol. The summed E-state index contributed by atoms with van der Waals surface area (Å²) in [5.41, 5.74) is 1.99. The Morgan fingerprint density at radius 3 is 2.62 bits per heavy atom. The SMILES string of the molecule is CC(C)S1(C)C=Cc2ccc3c(c21)C(=O)N(CC#N)C3=O. The lowest BCUT2D eigenvalue weighted by Crippen LogP contribution is -2.30. The van der Waals surface area contributed by atoms with E-state index in [-0.39, 0.29) is 18.4 Å². The Morgan fingerprint density at radius 2 is 2.00 bits per heavy atom. The van der Waals surface area contributed by atoms with Gasteiger partial charge in [0.25, 0.3) is 11.8 Å². The fraction of sp³-hybridized carbons (Fsp3) is 0.312. The van der Waals surface area contributed by atoms with E-state index in [4.69, 9.17) is 5.26 Å². The second-order valence-corrected chi connectivity index (χ2v) is 9.38. The number of carbonyl (C=O) groups is 2. The van der Waals surface area contributed by atoms with Gasteiger partial charge in [-0.15, -0.1) is 0 Å². The van der Waals surface area contributed by atoms with Gasteiger partial charge < -0.3 is 0 Å². The van der Waals surface area contributed by atoms with Crippen molar-refractivity contribution in [1.29, 1.82) is 5.26 Å². The van der Waals surface area contributed by atoms with Crippen LogP contribution in [0.25, 0.3) is 6.08 Å². The molecule has 5 heteroatoms. The van der Waals surface area contributed by atoms with Crippen molar-refractivity contribution in [2.75, 3.05) is 12.8 Å². The van der Waals surface area contributed by atoms with Gasteiger partial charge >= 0.3 is 0 Å². The number of nitrogens with zero attached hydrogens (tertiary/aromatic N) is 2. The fourth-order valence-electron chi connectivity index (χ4n) is 2.86. The van der Waals surface area contributed by atoms with Gasteiger partial charge in [0.15, 0.2) is 0 Å². The first-order chi connectivity index (χ1) is 9.91. The van der Waals surface area contributed by atoms with Crippen molar-refractivity contribution in [2.45, 2.75) is 24.0 Å². The highest BCUT2D eigenvalue weighted by atomic mass is 32.3. The highest BCUT2D eigenvalue weighted by molar-refractivity contribution is 8.36. The van der Waals surface area contributed by atoms with Crippen molar-refractivity contribution in [3.63, 3.8) is 0 Å². The number of hydrogen-bond donors (Lipinski definition) is 0. The van der Waals surface area contributed by atoms with Crippen molar-refractivity contribution in [2.24, 2.45) is 0 Å². The summed E-state index contributed by atoms with van der Waals surface area (Å²) in [5, 5.41) is 11.4. The standard InChI is InChI=1S/C16H16N2O2S/c1-10(2)21(3)9-6-11-4-5-12-13(14(11)21)16(20)18(8-7-17)15(12)19/h4-6,9-10H,8H2,1-3H3.